The molecule has 4 nitrogen and oxygen atoms in total. The highest BCUT2D eigenvalue weighted by molar-refractivity contribution is 5.45. The maximum absolute atomic E-state index is 12.5. The Labute approximate surface area is 126 Å². The first kappa shape index (κ1) is 15.4. The van der Waals surface area contributed by atoms with Crippen molar-refractivity contribution in [2.45, 2.75) is 53.1 Å². The van der Waals surface area contributed by atoms with E-state index in [1.807, 2.05) is 23.7 Å². The zero-order valence-electron chi connectivity index (χ0n) is 13.6. The molecule has 2 rings (SSSR count). The summed E-state index contributed by atoms with van der Waals surface area (Å²) in [5, 5.41) is 0. The summed E-state index contributed by atoms with van der Waals surface area (Å²) in [4.78, 5) is 12.5. The molecule has 1 aromatic heterocycles. The Kier molecular flexibility index (Phi) is 3.99. The third-order valence-electron chi connectivity index (χ3n) is 3.86. The van der Waals surface area contributed by atoms with Crippen LogP contribution in [-0.4, -0.2) is 9.36 Å². The summed E-state index contributed by atoms with van der Waals surface area (Å²) in [6, 6.07) is 8.13. The van der Waals surface area contributed by atoms with Crippen LogP contribution in [0.25, 0.3) is 0 Å². The molecule has 0 saturated heterocycles. The zero-order valence-corrected chi connectivity index (χ0v) is 13.6. The van der Waals surface area contributed by atoms with Gasteiger partial charge in [-0.05, 0) is 25.0 Å². The minimum absolute atomic E-state index is 0.0926. The average molecular weight is 287 g/mol. The molecule has 0 aliphatic carbocycles. The Morgan fingerprint density at radius 1 is 1.14 bits per heavy atom. The fourth-order valence-electron chi connectivity index (χ4n) is 2.84. The second kappa shape index (κ2) is 5.43. The summed E-state index contributed by atoms with van der Waals surface area (Å²) in [5.74, 6) is 0. The van der Waals surface area contributed by atoms with Gasteiger partial charge in [-0.3, -0.25) is 9.48 Å². The predicted molar refractivity (Wildman–Crippen MR) is 87.8 cm³/mol. The number of aryl methyl sites for hydroxylation is 1. The van der Waals surface area contributed by atoms with Crippen LogP contribution in [0, 0.1) is 6.92 Å². The Balaban J connectivity index is 2.60. The van der Waals surface area contributed by atoms with E-state index in [2.05, 4.69) is 39.8 Å². The highest BCUT2D eigenvalue weighted by Crippen LogP contribution is 2.26. The van der Waals surface area contributed by atoms with E-state index < -0.39 is 0 Å². The third-order valence-corrected chi connectivity index (χ3v) is 3.86. The molecule has 0 amide bonds. The molecule has 0 aliphatic heterocycles. The van der Waals surface area contributed by atoms with E-state index in [1.54, 1.807) is 4.68 Å². The average Bonchev–Trinajstić information content (AvgIpc) is 2.65. The Bertz CT molecular complexity index is 702. The zero-order chi connectivity index (χ0) is 15.8. The molecule has 2 aromatic rings. The lowest BCUT2D eigenvalue weighted by molar-refractivity contribution is 0.428. The van der Waals surface area contributed by atoms with Crippen molar-refractivity contribution < 1.29 is 0 Å². The minimum Gasteiger partial charge on any atom is -0.393 e. The van der Waals surface area contributed by atoms with Gasteiger partial charge in [-0.15, -0.1) is 0 Å². The summed E-state index contributed by atoms with van der Waals surface area (Å²) < 4.78 is 3.78. The molecule has 0 spiro atoms. The fraction of sp³-hybridized carbons (Fsp3) is 0.471. The number of nitrogens with zero attached hydrogens (tertiary/aromatic N) is 2. The van der Waals surface area contributed by atoms with Gasteiger partial charge in [-0.1, -0.05) is 45.0 Å². The number of anilines is 1. The summed E-state index contributed by atoms with van der Waals surface area (Å²) >= 11 is 0. The second-order valence-corrected chi connectivity index (χ2v) is 6.52. The number of rotatable bonds is 3. The molecule has 0 aliphatic rings. The van der Waals surface area contributed by atoms with Crippen molar-refractivity contribution in [3.63, 3.8) is 0 Å². The van der Waals surface area contributed by atoms with Gasteiger partial charge in [0.2, 0.25) is 0 Å². The molecule has 0 fully saturated rings. The van der Waals surface area contributed by atoms with Gasteiger partial charge in [-0.2, -0.15) is 0 Å². The quantitative estimate of drug-likeness (QED) is 0.943. The van der Waals surface area contributed by atoms with Crippen molar-refractivity contribution >= 4 is 5.69 Å². The van der Waals surface area contributed by atoms with Crippen molar-refractivity contribution in [1.29, 1.82) is 0 Å². The van der Waals surface area contributed by atoms with E-state index in [0.717, 1.165) is 17.8 Å². The number of aromatic nitrogens is 2. The Hall–Kier alpha value is -1.97. The molecule has 0 saturated carbocycles. The van der Waals surface area contributed by atoms with Crippen LogP contribution in [0.2, 0.25) is 0 Å². The first-order chi connectivity index (χ1) is 9.77. The summed E-state index contributed by atoms with van der Waals surface area (Å²) in [6.07, 6.45) is 0. The minimum atomic E-state index is -0.157. The van der Waals surface area contributed by atoms with E-state index in [0.29, 0.717) is 12.2 Å². The first-order valence-corrected chi connectivity index (χ1v) is 7.41. The van der Waals surface area contributed by atoms with Gasteiger partial charge in [-0.25, -0.2) is 4.68 Å². The molecular weight excluding hydrogens is 262 g/mol. The first-order valence-electron chi connectivity index (χ1n) is 7.41. The Morgan fingerprint density at radius 3 is 2.29 bits per heavy atom. The number of nitrogens with two attached hydrogens (primary N) is 1. The predicted octanol–water partition coefficient (Wildman–Crippen LogP) is 2.91. The highest BCUT2D eigenvalue weighted by Gasteiger charge is 2.26. The van der Waals surface area contributed by atoms with Crippen molar-refractivity contribution in [2.75, 3.05) is 5.73 Å². The van der Waals surface area contributed by atoms with Gasteiger partial charge < -0.3 is 5.73 Å². The van der Waals surface area contributed by atoms with Crippen molar-refractivity contribution in [2.24, 2.45) is 0 Å². The molecule has 0 radical (unpaired) electrons. The van der Waals surface area contributed by atoms with Crippen LogP contribution < -0.4 is 11.3 Å². The SMILES string of the molecule is CCn1c(C(C)(C)C)c(N)c(=O)n1Cc1ccccc1C. The maximum atomic E-state index is 12.5. The lowest BCUT2D eigenvalue weighted by atomic mass is 9.91. The van der Waals surface area contributed by atoms with Crippen LogP contribution in [0.1, 0.15) is 44.5 Å². The smallest absolute Gasteiger partial charge is 0.290 e. The van der Waals surface area contributed by atoms with E-state index in [9.17, 15) is 4.79 Å². The van der Waals surface area contributed by atoms with Gasteiger partial charge in [0, 0.05) is 12.0 Å². The van der Waals surface area contributed by atoms with Gasteiger partial charge in [0.05, 0.1) is 12.2 Å². The topological polar surface area (TPSA) is 52.9 Å². The van der Waals surface area contributed by atoms with E-state index >= 15 is 0 Å². The van der Waals surface area contributed by atoms with Crippen molar-refractivity contribution in [3.8, 4) is 0 Å². The lowest BCUT2D eigenvalue weighted by Gasteiger charge is -2.23. The monoisotopic (exact) mass is 287 g/mol. The summed E-state index contributed by atoms with van der Waals surface area (Å²) in [7, 11) is 0. The van der Waals surface area contributed by atoms with Gasteiger partial charge in [0.1, 0.15) is 5.69 Å². The largest absolute Gasteiger partial charge is 0.393 e. The standard InChI is InChI=1S/C17H25N3O/c1-6-19-15(17(3,4)5)14(18)16(21)20(19)11-13-10-8-7-9-12(13)2/h7-10H,6,11,18H2,1-5H3. The van der Waals surface area contributed by atoms with Crippen LogP contribution >= 0.6 is 0 Å². The van der Waals surface area contributed by atoms with Crippen LogP contribution in [0.5, 0.6) is 0 Å². The molecule has 114 valence electrons. The molecule has 1 aromatic carbocycles. The molecule has 0 unspecified atom stereocenters. The van der Waals surface area contributed by atoms with Crippen LogP contribution in [0.3, 0.4) is 0 Å². The third kappa shape index (κ3) is 2.75. The highest BCUT2D eigenvalue weighted by atomic mass is 16.1. The lowest BCUT2D eigenvalue weighted by Crippen LogP contribution is -2.26. The number of benzene rings is 1. The molecule has 4 heteroatoms. The summed E-state index contributed by atoms with van der Waals surface area (Å²) in [6.45, 7) is 11.6. The molecular formula is C17H25N3O. The van der Waals surface area contributed by atoms with Gasteiger partial charge in [0.25, 0.3) is 5.56 Å². The van der Waals surface area contributed by atoms with E-state index in [4.69, 9.17) is 5.73 Å². The maximum Gasteiger partial charge on any atom is 0.290 e. The molecule has 2 N–H and O–H groups in total. The summed E-state index contributed by atoms with van der Waals surface area (Å²) in [5.41, 5.74) is 9.48. The Morgan fingerprint density at radius 2 is 1.76 bits per heavy atom. The fourth-order valence-corrected chi connectivity index (χ4v) is 2.84. The van der Waals surface area contributed by atoms with E-state index in [-0.39, 0.29) is 11.0 Å². The molecule has 1 heterocycles. The second-order valence-electron chi connectivity index (χ2n) is 6.52. The van der Waals surface area contributed by atoms with Crippen LogP contribution in [0.15, 0.2) is 29.1 Å². The number of nitrogen functional groups attached to an aromatic ring is 1. The van der Waals surface area contributed by atoms with Crippen molar-refractivity contribution in [3.05, 3.63) is 51.4 Å². The number of hydrogen-bond donors (Lipinski definition) is 1. The molecule has 21 heavy (non-hydrogen) atoms. The molecule has 0 bridgehead atoms. The number of hydrogen-bond acceptors (Lipinski definition) is 2. The van der Waals surface area contributed by atoms with E-state index in [1.165, 1.54) is 5.56 Å². The van der Waals surface area contributed by atoms with Crippen LogP contribution in [-0.2, 0) is 18.5 Å². The van der Waals surface area contributed by atoms with Gasteiger partial charge in [0.15, 0.2) is 0 Å². The van der Waals surface area contributed by atoms with Gasteiger partial charge >= 0.3 is 0 Å². The normalized spacial score (nSPS) is 11.9. The van der Waals surface area contributed by atoms with Crippen molar-refractivity contribution in [1.82, 2.24) is 9.36 Å². The molecule has 0 atom stereocenters. The van der Waals surface area contributed by atoms with Crippen LogP contribution in [0.4, 0.5) is 5.69 Å².